The molecule has 2 N–H and O–H groups in total. The van der Waals surface area contributed by atoms with Crippen molar-refractivity contribution >= 4 is 59.9 Å². The molecule has 0 spiro atoms. The fourth-order valence-corrected chi connectivity index (χ4v) is 3.73. The number of halogens is 1. The lowest BCUT2D eigenvalue weighted by Gasteiger charge is -2.12. The average molecular weight is 431 g/mol. The second-order valence-electron chi connectivity index (χ2n) is 6.19. The number of aromatic nitrogens is 1. The van der Waals surface area contributed by atoms with E-state index in [1.807, 2.05) is 45.9 Å². The minimum absolute atomic E-state index is 0.128. The molecule has 3 aromatic rings. The lowest BCUT2D eigenvalue weighted by molar-refractivity contribution is 0.102. The van der Waals surface area contributed by atoms with Gasteiger partial charge in [-0.3, -0.25) is 10.2 Å². The Morgan fingerprint density at radius 3 is 2.54 bits per heavy atom. The number of anilines is 2. The number of rotatable bonds is 4. The lowest BCUT2D eigenvalue weighted by atomic mass is 10.1. The van der Waals surface area contributed by atoms with Crippen molar-refractivity contribution in [2.75, 3.05) is 10.7 Å². The number of thiazole rings is 1. The minimum atomic E-state index is -0.128. The number of hydrogen-bond donors (Lipinski definition) is 2. The largest absolute Gasteiger partial charge is 0.321 e. The Hall–Kier alpha value is -2.25. The quantitative estimate of drug-likeness (QED) is 0.409. The summed E-state index contributed by atoms with van der Waals surface area (Å²) in [5.74, 6) is -0.128. The third-order valence-electron chi connectivity index (χ3n) is 3.84. The van der Waals surface area contributed by atoms with Crippen LogP contribution in [0.4, 0.5) is 10.8 Å². The van der Waals surface area contributed by atoms with Crippen molar-refractivity contribution in [3.05, 3.63) is 51.5 Å². The molecule has 2 aromatic carbocycles. The summed E-state index contributed by atoms with van der Waals surface area (Å²) in [5, 5.41) is 7.98. The Balaban J connectivity index is 1.94. The first-order valence-electron chi connectivity index (χ1n) is 8.09. The van der Waals surface area contributed by atoms with Crippen molar-refractivity contribution in [2.24, 2.45) is 5.10 Å². The molecule has 7 heteroatoms. The van der Waals surface area contributed by atoms with Crippen LogP contribution in [0.15, 0.2) is 39.9 Å². The van der Waals surface area contributed by atoms with Gasteiger partial charge < -0.3 is 5.32 Å². The summed E-state index contributed by atoms with van der Waals surface area (Å²) in [6, 6.07) is 9.29. The van der Waals surface area contributed by atoms with Crippen LogP contribution < -0.4 is 10.7 Å². The van der Waals surface area contributed by atoms with Crippen LogP contribution in [-0.2, 0) is 0 Å². The molecular weight excluding hydrogens is 412 g/mol. The summed E-state index contributed by atoms with van der Waals surface area (Å²) in [5.41, 5.74) is 8.24. The summed E-state index contributed by atoms with van der Waals surface area (Å²) < 4.78 is 1.98. The Morgan fingerprint density at radius 1 is 1.19 bits per heavy atom. The van der Waals surface area contributed by atoms with Gasteiger partial charge >= 0.3 is 0 Å². The van der Waals surface area contributed by atoms with Gasteiger partial charge in [0, 0.05) is 21.4 Å². The topological polar surface area (TPSA) is 66.4 Å². The van der Waals surface area contributed by atoms with Gasteiger partial charge in [0.15, 0.2) is 0 Å². The number of carbonyl (C=O) groups is 1. The van der Waals surface area contributed by atoms with E-state index >= 15 is 0 Å². The number of aryl methyl sites for hydroxylation is 2. The fourth-order valence-electron chi connectivity index (χ4n) is 2.57. The summed E-state index contributed by atoms with van der Waals surface area (Å²) in [7, 11) is 0. The fraction of sp³-hybridized carbons (Fsp3) is 0.211. The zero-order valence-corrected chi connectivity index (χ0v) is 17.4. The van der Waals surface area contributed by atoms with Gasteiger partial charge in [0.2, 0.25) is 5.13 Å². The summed E-state index contributed by atoms with van der Waals surface area (Å²) >= 11 is 4.91. The molecule has 0 aliphatic rings. The minimum Gasteiger partial charge on any atom is -0.321 e. The summed E-state index contributed by atoms with van der Waals surface area (Å²) in [6.45, 7) is 7.82. The molecule has 1 heterocycles. The highest BCUT2D eigenvalue weighted by Gasteiger charge is 2.15. The SMILES string of the molecule is CC(C)=NNc1nc2cc(C)c(NC(=O)c3ccc(Br)cc3)c(C)c2s1. The number of carbonyl (C=O) groups excluding carboxylic acids is 1. The zero-order valence-electron chi connectivity index (χ0n) is 15.0. The average Bonchev–Trinajstić information content (AvgIpc) is 3.00. The van der Waals surface area contributed by atoms with E-state index in [1.54, 1.807) is 12.1 Å². The first-order valence-corrected chi connectivity index (χ1v) is 9.70. The normalized spacial score (nSPS) is 10.7. The van der Waals surface area contributed by atoms with Crippen LogP contribution in [0.5, 0.6) is 0 Å². The van der Waals surface area contributed by atoms with Crippen LogP contribution >= 0.6 is 27.3 Å². The first-order chi connectivity index (χ1) is 12.3. The lowest BCUT2D eigenvalue weighted by Crippen LogP contribution is -2.13. The number of hydrazone groups is 1. The number of amides is 1. The molecule has 0 aliphatic carbocycles. The van der Waals surface area contributed by atoms with E-state index in [0.29, 0.717) is 5.56 Å². The van der Waals surface area contributed by atoms with Gasteiger partial charge in [-0.25, -0.2) is 4.98 Å². The molecule has 3 rings (SSSR count). The predicted octanol–water partition coefficient (Wildman–Crippen LogP) is 5.74. The number of fused-ring (bicyclic) bond motifs is 1. The molecule has 0 bridgehead atoms. The van der Waals surface area contributed by atoms with Crippen molar-refractivity contribution < 1.29 is 4.79 Å². The zero-order chi connectivity index (χ0) is 18.8. The van der Waals surface area contributed by atoms with Crippen molar-refractivity contribution in [3.63, 3.8) is 0 Å². The van der Waals surface area contributed by atoms with Gasteiger partial charge in [-0.05, 0) is 69.2 Å². The molecule has 134 valence electrons. The molecule has 1 amide bonds. The van der Waals surface area contributed by atoms with Crippen LogP contribution in [0.1, 0.15) is 35.3 Å². The number of nitrogens with zero attached hydrogens (tertiary/aromatic N) is 2. The Labute approximate surface area is 164 Å². The van der Waals surface area contributed by atoms with Gasteiger partial charge in [-0.15, -0.1) is 0 Å². The van der Waals surface area contributed by atoms with Crippen molar-refractivity contribution in [1.82, 2.24) is 4.98 Å². The number of hydrogen-bond acceptors (Lipinski definition) is 5. The van der Waals surface area contributed by atoms with Crippen molar-refractivity contribution in [3.8, 4) is 0 Å². The van der Waals surface area contributed by atoms with E-state index in [4.69, 9.17) is 0 Å². The highest BCUT2D eigenvalue weighted by molar-refractivity contribution is 9.10. The maximum atomic E-state index is 12.6. The summed E-state index contributed by atoms with van der Waals surface area (Å²) in [6.07, 6.45) is 0. The molecule has 0 atom stereocenters. The van der Waals surface area contributed by atoms with Gasteiger partial charge in [0.05, 0.1) is 10.2 Å². The molecule has 0 unspecified atom stereocenters. The van der Waals surface area contributed by atoms with Gasteiger partial charge in [0.1, 0.15) is 0 Å². The highest BCUT2D eigenvalue weighted by atomic mass is 79.9. The van der Waals surface area contributed by atoms with Gasteiger partial charge in [-0.2, -0.15) is 5.10 Å². The van der Waals surface area contributed by atoms with Crippen LogP contribution in [0, 0.1) is 13.8 Å². The summed E-state index contributed by atoms with van der Waals surface area (Å²) in [4.78, 5) is 17.2. The molecule has 0 fully saturated rings. The van der Waals surface area contributed by atoms with Gasteiger partial charge in [0.25, 0.3) is 5.91 Å². The Morgan fingerprint density at radius 2 is 1.88 bits per heavy atom. The molecular formula is C19H19BrN4OS. The van der Waals surface area contributed by atoms with Crippen molar-refractivity contribution in [2.45, 2.75) is 27.7 Å². The third kappa shape index (κ3) is 3.94. The molecule has 0 saturated heterocycles. The Kier molecular flexibility index (Phi) is 5.38. The Bertz CT molecular complexity index is 1000. The van der Waals surface area contributed by atoms with Crippen LogP contribution in [0.2, 0.25) is 0 Å². The van der Waals surface area contributed by atoms with E-state index in [9.17, 15) is 4.79 Å². The molecule has 26 heavy (non-hydrogen) atoms. The van der Waals surface area contributed by atoms with E-state index in [0.717, 1.165) is 42.3 Å². The number of nitrogens with one attached hydrogen (secondary N) is 2. The molecule has 0 aliphatic heterocycles. The smallest absolute Gasteiger partial charge is 0.255 e. The maximum Gasteiger partial charge on any atom is 0.255 e. The monoisotopic (exact) mass is 430 g/mol. The predicted molar refractivity (Wildman–Crippen MR) is 114 cm³/mol. The standard InChI is InChI=1S/C19H19BrN4OS/c1-10(2)23-24-19-21-15-9-11(3)16(12(4)17(15)26-19)22-18(25)13-5-7-14(20)8-6-13/h5-9H,1-4H3,(H,21,24)(H,22,25). The molecule has 0 saturated carbocycles. The van der Waals surface area contributed by atoms with E-state index in [-0.39, 0.29) is 5.91 Å². The molecule has 5 nitrogen and oxygen atoms in total. The van der Waals surface area contributed by atoms with Crippen LogP contribution in [0.3, 0.4) is 0 Å². The van der Waals surface area contributed by atoms with Gasteiger partial charge in [-0.1, -0.05) is 27.3 Å². The molecule has 1 aromatic heterocycles. The number of benzene rings is 2. The third-order valence-corrected chi connectivity index (χ3v) is 5.46. The van der Waals surface area contributed by atoms with Crippen LogP contribution in [0.25, 0.3) is 10.2 Å². The first kappa shape index (κ1) is 18.5. The second-order valence-corrected chi connectivity index (χ2v) is 8.11. The van der Waals surface area contributed by atoms with E-state index < -0.39 is 0 Å². The van der Waals surface area contributed by atoms with Crippen LogP contribution in [-0.4, -0.2) is 16.6 Å². The van der Waals surface area contributed by atoms with E-state index in [2.05, 4.69) is 36.8 Å². The second kappa shape index (κ2) is 7.55. The maximum absolute atomic E-state index is 12.6. The highest BCUT2D eigenvalue weighted by Crippen LogP contribution is 2.35. The van der Waals surface area contributed by atoms with Crippen molar-refractivity contribution in [1.29, 1.82) is 0 Å². The molecule has 0 radical (unpaired) electrons. The van der Waals surface area contributed by atoms with E-state index in [1.165, 1.54) is 11.3 Å².